The van der Waals surface area contributed by atoms with Gasteiger partial charge < -0.3 is 19.5 Å². The zero-order valence-corrected chi connectivity index (χ0v) is 12.6. The van der Waals surface area contributed by atoms with Gasteiger partial charge in [-0.25, -0.2) is 0 Å². The minimum Gasteiger partial charge on any atom is -0.544 e. The summed E-state index contributed by atoms with van der Waals surface area (Å²) in [5.74, 6) is -0.956. The number of carboxylic acid groups (broad SMARTS) is 1. The molecule has 21 heavy (non-hydrogen) atoms. The van der Waals surface area contributed by atoms with Crippen LogP contribution in [0.1, 0.15) is 21.7 Å². The van der Waals surface area contributed by atoms with E-state index in [1.807, 2.05) is 16.4 Å². The van der Waals surface area contributed by atoms with Crippen molar-refractivity contribution in [3.63, 3.8) is 0 Å². The van der Waals surface area contributed by atoms with Gasteiger partial charge in [0, 0.05) is 13.1 Å². The summed E-state index contributed by atoms with van der Waals surface area (Å²) in [5.41, 5.74) is 2.02. The van der Waals surface area contributed by atoms with Crippen molar-refractivity contribution in [1.29, 1.82) is 0 Å². The Labute approximate surface area is 138 Å². The van der Waals surface area contributed by atoms with Crippen LogP contribution in [0, 0.1) is 5.92 Å². The average Bonchev–Trinajstić information content (AvgIpc) is 2.86. The molecular weight excluding hydrogens is 285 g/mol. The standard InChI is InChI=1S/C14H15NO4S.Li/c16-13(11-6-19-7-11)15-3-1-9(2-4-15)10-5-12(14(17)18)20-8-10;/h1,5,8,11H,2-4,6-7H2,(H,17,18);/q;+1/p-1. The fourth-order valence-corrected chi connectivity index (χ4v) is 3.14. The normalized spacial score (nSPS) is 18.5. The first-order chi connectivity index (χ1) is 9.65. The van der Waals surface area contributed by atoms with E-state index in [1.54, 1.807) is 6.07 Å². The van der Waals surface area contributed by atoms with E-state index < -0.39 is 5.97 Å². The third-order valence-corrected chi connectivity index (χ3v) is 4.59. The molecule has 0 aliphatic carbocycles. The SMILES string of the molecule is O=C([O-])c1cc(C2=CCN(C(=O)C3COC3)CC2)cs1.[Li+]. The van der Waals surface area contributed by atoms with Crippen LogP contribution in [0.5, 0.6) is 0 Å². The summed E-state index contributed by atoms with van der Waals surface area (Å²) in [6.45, 7) is 2.33. The van der Waals surface area contributed by atoms with Crippen molar-refractivity contribution in [2.45, 2.75) is 6.42 Å². The second kappa shape index (κ2) is 6.80. The predicted molar refractivity (Wildman–Crippen MR) is 72.1 cm³/mol. The Hall–Kier alpha value is -1.06. The van der Waals surface area contributed by atoms with E-state index in [0.717, 1.165) is 17.6 Å². The Morgan fingerprint density at radius 1 is 1.38 bits per heavy atom. The molecule has 3 heterocycles. The number of hydrogen-bond donors (Lipinski definition) is 0. The molecule has 0 spiro atoms. The smallest absolute Gasteiger partial charge is 0.544 e. The van der Waals surface area contributed by atoms with Gasteiger partial charge in [-0.15, -0.1) is 11.3 Å². The molecule has 106 valence electrons. The van der Waals surface area contributed by atoms with Crippen LogP contribution in [0.2, 0.25) is 0 Å². The molecule has 1 aromatic heterocycles. The van der Waals surface area contributed by atoms with Crippen LogP contribution < -0.4 is 24.0 Å². The minimum atomic E-state index is -1.14. The van der Waals surface area contributed by atoms with E-state index in [1.165, 1.54) is 11.3 Å². The van der Waals surface area contributed by atoms with Gasteiger partial charge in [0.15, 0.2) is 0 Å². The van der Waals surface area contributed by atoms with Gasteiger partial charge in [0.1, 0.15) is 0 Å². The summed E-state index contributed by atoms with van der Waals surface area (Å²) in [7, 11) is 0. The molecule has 1 saturated heterocycles. The first-order valence-corrected chi connectivity index (χ1v) is 7.39. The summed E-state index contributed by atoms with van der Waals surface area (Å²) >= 11 is 1.18. The van der Waals surface area contributed by atoms with Gasteiger partial charge >= 0.3 is 18.9 Å². The van der Waals surface area contributed by atoms with Crippen LogP contribution >= 0.6 is 11.3 Å². The maximum atomic E-state index is 12.0. The molecular formula is C14H14LiNO4S. The molecule has 0 N–H and O–H groups in total. The maximum Gasteiger partial charge on any atom is 1.00 e. The second-order valence-electron chi connectivity index (χ2n) is 4.99. The largest absolute Gasteiger partial charge is 1.00 e. The first-order valence-electron chi connectivity index (χ1n) is 6.51. The van der Waals surface area contributed by atoms with Crippen LogP contribution in [-0.4, -0.2) is 43.1 Å². The molecule has 2 aliphatic rings. The fraction of sp³-hybridized carbons (Fsp3) is 0.429. The molecule has 2 aliphatic heterocycles. The van der Waals surface area contributed by atoms with Crippen molar-refractivity contribution in [2.75, 3.05) is 26.3 Å². The van der Waals surface area contributed by atoms with Gasteiger partial charge in [-0.2, -0.15) is 0 Å². The number of amides is 1. The monoisotopic (exact) mass is 299 g/mol. The van der Waals surface area contributed by atoms with E-state index in [-0.39, 0.29) is 35.6 Å². The fourth-order valence-electron chi connectivity index (χ4n) is 2.38. The summed E-state index contributed by atoms with van der Waals surface area (Å²) < 4.78 is 5.04. The molecule has 5 nitrogen and oxygen atoms in total. The van der Waals surface area contributed by atoms with E-state index in [2.05, 4.69) is 0 Å². The number of ether oxygens (including phenoxy) is 1. The Balaban J connectivity index is 0.00000161. The molecule has 0 radical (unpaired) electrons. The van der Waals surface area contributed by atoms with Gasteiger partial charge in [-0.05, 0) is 29.0 Å². The molecule has 0 saturated carbocycles. The third kappa shape index (κ3) is 3.41. The molecule has 0 aromatic carbocycles. The zero-order chi connectivity index (χ0) is 14.1. The van der Waals surface area contributed by atoms with Gasteiger partial charge in [0.05, 0.1) is 30.0 Å². The van der Waals surface area contributed by atoms with E-state index in [9.17, 15) is 14.7 Å². The van der Waals surface area contributed by atoms with Crippen LogP contribution in [0.4, 0.5) is 0 Å². The number of nitrogens with zero attached hydrogens (tertiary/aromatic N) is 1. The van der Waals surface area contributed by atoms with Crippen LogP contribution in [0.25, 0.3) is 5.57 Å². The summed E-state index contributed by atoms with van der Waals surface area (Å²) in [5, 5.41) is 12.6. The number of aromatic carboxylic acids is 1. The van der Waals surface area contributed by atoms with E-state index >= 15 is 0 Å². The van der Waals surface area contributed by atoms with Crippen LogP contribution in [-0.2, 0) is 9.53 Å². The Bertz CT molecular complexity index is 579. The minimum absolute atomic E-state index is 0. The molecule has 3 rings (SSSR count). The first kappa shape index (κ1) is 16.3. The maximum absolute atomic E-state index is 12.0. The number of carbonyl (C=O) groups is 2. The van der Waals surface area contributed by atoms with E-state index in [0.29, 0.717) is 26.3 Å². The van der Waals surface area contributed by atoms with Gasteiger partial charge in [-0.3, -0.25) is 4.79 Å². The van der Waals surface area contributed by atoms with Crippen molar-refractivity contribution in [1.82, 2.24) is 4.90 Å². The molecule has 1 fully saturated rings. The van der Waals surface area contributed by atoms with Crippen molar-refractivity contribution in [3.8, 4) is 0 Å². The van der Waals surface area contributed by atoms with Crippen molar-refractivity contribution < 1.29 is 38.3 Å². The van der Waals surface area contributed by atoms with E-state index in [4.69, 9.17) is 4.74 Å². The van der Waals surface area contributed by atoms with Gasteiger partial charge in [0.2, 0.25) is 5.91 Å². The molecule has 7 heteroatoms. The van der Waals surface area contributed by atoms with Crippen molar-refractivity contribution in [2.24, 2.45) is 5.92 Å². The number of hydrogen-bond acceptors (Lipinski definition) is 5. The quantitative estimate of drug-likeness (QED) is 0.573. The zero-order valence-electron chi connectivity index (χ0n) is 11.8. The Morgan fingerprint density at radius 3 is 2.62 bits per heavy atom. The van der Waals surface area contributed by atoms with Crippen LogP contribution in [0.3, 0.4) is 0 Å². The van der Waals surface area contributed by atoms with Gasteiger partial charge in [-0.1, -0.05) is 6.08 Å². The summed E-state index contributed by atoms with van der Waals surface area (Å²) in [6, 6.07) is 1.64. The molecule has 0 unspecified atom stereocenters. The summed E-state index contributed by atoms with van der Waals surface area (Å²) in [6.07, 6.45) is 2.75. The second-order valence-corrected chi connectivity index (χ2v) is 5.90. The van der Waals surface area contributed by atoms with Crippen LogP contribution in [0.15, 0.2) is 17.5 Å². The Kier molecular flexibility index (Phi) is 5.28. The van der Waals surface area contributed by atoms with Crippen molar-refractivity contribution >= 4 is 28.8 Å². The predicted octanol–water partition coefficient (Wildman–Crippen LogP) is -2.62. The van der Waals surface area contributed by atoms with Gasteiger partial charge in [0.25, 0.3) is 0 Å². The number of rotatable bonds is 3. The Morgan fingerprint density at radius 2 is 2.14 bits per heavy atom. The average molecular weight is 299 g/mol. The number of carbonyl (C=O) groups excluding carboxylic acids is 2. The molecule has 1 amide bonds. The molecule has 0 bridgehead atoms. The summed E-state index contributed by atoms with van der Waals surface area (Å²) in [4.78, 5) is 24.9. The molecule has 1 aromatic rings. The molecule has 0 atom stereocenters. The number of thiophene rings is 1. The topological polar surface area (TPSA) is 69.7 Å². The number of carboxylic acids is 1. The van der Waals surface area contributed by atoms with Crippen molar-refractivity contribution in [3.05, 3.63) is 28.0 Å². The third-order valence-electron chi connectivity index (χ3n) is 3.68.